The van der Waals surface area contributed by atoms with Crippen LogP contribution in [0, 0.1) is 6.92 Å². The third-order valence-electron chi connectivity index (χ3n) is 4.63. The molecule has 25 heavy (non-hydrogen) atoms. The minimum absolute atomic E-state index is 0.0832. The highest BCUT2D eigenvalue weighted by Gasteiger charge is 2.24. The fourth-order valence-electron chi connectivity index (χ4n) is 3.36. The summed E-state index contributed by atoms with van der Waals surface area (Å²) in [4.78, 5) is 18.4. The zero-order valence-corrected chi connectivity index (χ0v) is 15.3. The van der Waals surface area contributed by atoms with E-state index in [1.54, 1.807) is 0 Å². The molecule has 1 unspecified atom stereocenters. The van der Waals surface area contributed by atoms with Crippen LogP contribution in [0.3, 0.4) is 0 Å². The molecular formula is C18H27N5O2. The molecule has 1 atom stereocenters. The maximum Gasteiger partial charge on any atom is 0.407 e. The van der Waals surface area contributed by atoms with Gasteiger partial charge in [-0.2, -0.15) is 9.61 Å². The number of fused-ring (bicyclic) bond motifs is 1. The molecule has 2 aromatic rings. The summed E-state index contributed by atoms with van der Waals surface area (Å²) in [5.41, 5.74) is 2.96. The number of alkyl carbamates (subject to hydrolysis) is 1. The van der Waals surface area contributed by atoms with Gasteiger partial charge in [-0.3, -0.25) is 0 Å². The molecule has 1 aliphatic heterocycles. The van der Waals surface area contributed by atoms with Crippen molar-refractivity contribution in [3.05, 3.63) is 23.5 Å². The van der Waals surface area contributed by atoms with Crippen LogP contribution in [-0.4, -0.2) is 46.9 Å². The molecule has 3 rings (SSSR count). The molecular weight excluding hydrogens is 318 g/mol. The zero-order chi connectivity index (χ0) is 17.8. The minimum Gasteiger partial charge on any atom is -0.453 e. The van der Waals surface area contributed by atoms with E-state index in [0.29, 0.717) is 0 Å². The molecule has 0 radical (unpaired) electrons. The molecule has 1 aliphatic rings. The number of aromatic nitrogens is 3. The minimum atomic E-state index is -0.371. The summed E-state index contributed by atoms with van der Waals surface area (Å²) in [6.07, 6.45) is 4.86. The second-order valence-electron chi connectivity index (χ2n) is 6.69. The monoisotopic (exact) mass is 345 g/mol. The molecule has 7 nitrogen and oxygen atoms in total. The van der Waals surface area contributed by atoms with E-state index in [1.165, 1.54) is 7.11 Å². The van der Waals surface area contributed by atoms with Gasteiger partial charge in [-0.15, -0.1) is 0 Å². The van der Waals surface area contributed by atoms with Crippen LogP contribution in [0.4, 0.5) is 10.6 Å². The number of hydrogen-bond acceptors (Lipinski definition) is 5. The Kier molecular flexibility index (Phi) is 5.40. The fraction of sp³-hybridized carbons (Fsp3) is 0.611. The predicted molar refractivity (Wildman–Crippen MR) is 97.1 cm³/mol. The predicted octanol–water partition coefficient (Wildman–Crippen LogP) is 2.71. The molecule has 136 valence electrons. The van der Waals surface area contributed by atoms with Crippen LogP contribution in [-0.2, 0) is 11.2 Å². The lowest BCUT2D eigenvalue weighted by Gasteiger charge is -2.34. The highest BCUT2D eigenvalue weighted by atomic mass is 16.5. The Morgan fingerprint density at radius 2 is 2.28 bits per heavy atom. The summed E-state index contributed by atoms with van der Waals surface area (Å²) in [6, 6.07) is 4.24. The second kappa shape index (κ2) is 7.72. The normalized spacial score (nSPS) is 17.7. The lowest BCUT2D eigenvalue weighted by molar-refractivity contribution is 0.165. The van der Waals surface area contributed by atoms with Crippen molar-refractivity contribution < 1.29 is 9.53 Å². The van der Waals surface area contributed by atoms with Gasteiger partial charge in [0, 0.05) is 37.0 Å². The zero-order valence-electron chi connectivity index (χ0n) is 15.3. The van der Waals surface area contributed by atoms with E-state index in [4.69, 9.17) is 9.84 Å². The van der Waals surface area contributed by atoms with Crippen molar-refractivity contribution in [3.8, 4) is 0 Å². The van der Waals surface area contributed by atoms with Gasteiger partial charge in [0.05, 0.1) is 12.8 Å². The number of aryl methyl sites for hydroxylation is 2. The Balaban J connectivity index is 1.86. The summed E-state index contributed by atoms with van der Waals surface area (Å²) >= 11 is 0. The Morgan fingerprint density at radius 3 is 3.04 bits per heavy atom. The Bertz CT molecular complexity index is 742. The van der Waals surface area contributed by atoms with E-state index in [0.717, 1.165) is 68.0 Å². The molecule has 2 aromatic heterocycles. The highest BCUT2D eigenvalue weighted by molar-refractivity contribution is 5.67. The molecule has 3 heterocycles. The first-order chi connectivity index (χ1) is 12.1. The van der Waals surface area contributed by atoms with E-state index in [-0.39, 0.29) is 12.1 Å². The third kappa shape index (κ3) is 4.03. The van der Waals surface area contributed by atoms with Crippen molar-refractivity contribution >= 4 is 17.6 Å². The smallest absolute Gasteiger partial charge is 0.407 e. The van der Waals surface area contributed by atoms with E-state index < -0.39 is 0 Å². The second-order valence-corrected chi connectivity index (χ2v) is 6.69. The number of carbonyl (C=O) groups excluding carboxylic acids is 1. The van der Waals surface area contributed by atoms with E-state index >= 15 is 0 Å². The number of nitrogens with zero attached hydrogens (tertiary/aromatic N) is 4. The first-order valence-electron chi connectivity index (χ1n) is 9.06. The molecule has 0 aromatic carbocycles. The van der Waals surface area contributed by atoms with Gasteiger partial charge in [-0.05, 0) is 32.6 Å². The van der Waals surface area contributed by atoms with Gasteiger partial charge in [0.25, 0.3) is 0 Å². The van der Waals surface area contributed by atoms with Crippen molar-refractivity contribution in [2.75, 3.05) is 25.1 Å². The average Bonchev–Trinajstić information content (AvgIpc) is 3.01. The Hall–Kier alpha value is -2.31. The number of unbranched alkanes of at least 4 members (excludes halogenated alkanes) is 1. The van der Waals surface area contributed by atoms with Crippen LogP contribution in [0.15, 0.2) is 12.1 Å². The van der Waals surface area contributed by atoms with Gasteiger partial charge < -0.3 is 15.0 Å². The SMILES string of the molecule is CCCCc1cc2nc(C)cc(N3CCCC(NC(=O)OC)C3)n2n1. The summed E-state index contributed by atoms with van der Waals surface area (Å²) < 4.78 is 6.67. The highest BCUT2D eigenvalue weighted by Crippen LogP contribution is 2.22. The van der Waals surface area contributed by atoms with Gasteiger partial charge in [-0.1, -0.05) is 13.3 Å². The molecule has 1 amide bonds. The van der Waals surface area contributed by atoms with Gasteiger partial charge in [0.1, 0.15) is 5.82 Å². The Labute approximate surface area is 148 Å². The van der Waals surface area contributed by atoms with Crippen molar-refractivity contribution in [2.24, 2.45) is 0 Å². The molecule has 1 fully saturated rings. The Morgan fingerprint density at radius 1 is 1.44 bits per heavy atom. The topological polar surface area (TPSA) is 71.8 Å². The van der Waals surface area contributed by atoms with Gasteiger partial charge in [0.15, 0.2) is 5.65 Å². The number of carbonyl (C=O) groups is 1. The quantitative estimate of drug-likeness (QED) is 0.902. The summed E-state index contributed by atoms with van der Waals surface area (Å²) in [5.74, 6) is 1.04. The van der Waals surface area contributed by atoms with Crippen molar-refractivity contribution in [2.45, 2.75) is 52.0 Å². The lowest BCUT2D eigenvalue weighted by Crippen LogP contribution is -2.48. The van der Waals surface area contributed by atoms with Crippen molar-refractivity contribution in [1.29, 1.82) is 0 Å². The lowest BCUT2D eigenvalue weighted by atomic mass is 10.1. The number of piperidine rings is 1. The van der Waals surface area contributed by atoms with E-state index in [9.17, 15) is 4.79 Å². The van der Waals surface area contributed by atoms with Crippen LogP contribution in [0.2, 0.25) is 0 Å². The average molecular weight is 345 g/mol. The van der Waals surface area contributed by atoms with Crippen LogP contribution in [0.5, 0.6) is 0 Å². The number of ether oxygens (including phenoxy) is 1. The largest absolute Gasteiger partial charge is 0.453 e. The molecule has 1 N–H and O–H groups in total. The number of amides is 1. The van der Waals surface area contributed by atoms with E-state index in [1.807, 2.05) is 11.4 Å². The molecule has 0 aliphatic carbocycles. The number of nitrogens with one attached hydrogen (secondary N) is 1. The number of hydrogen-bond donors (Lipinski definition) is 1. The molecule has 0 bridgehead atoms. The maximum absolute atomic E-state index is 11.5. The fourth-order valence-corrected chi connectivity index (χ4v) is 3.36. The van der Waals surface area contributed by atoms with Gasteiger partial charge >= 0.3 is 6.09 Å². The number of rotatable bonds is 5. The van der Waals surface area contributed by atoms with Gasteiger partial charge in [-0.25, -0.2) is 9.78 Å². The van der Waals surface area contributed by atoms with Gasteiger partial charge in [0.2, 0.25) is 0 Å². The summed E-state index contributed by atoms with van der Waals surface area (Å²) in [6.45, 7) is 5.89. The van der Waals surface area contributed by atoms with Crippen LogP contribution < -0.4 is 10.2 Å². The van der Waals surface area contributed by atoms with Crippen molar-refractivity contribution in [1.82, 2.24) is 19.9 Å². The van der Waals surface area contributed by atoms with Crippen LogP contribution in [0.25, 0.3) is 5.65 Å². The number of methoxy groups -OCH3 is 1. The number of anilines is 1. The van der Waals surface area contributed by atoms with Crippen LogP contribution >= 0.6 is 0 Å². The molecule has 7 heteroatoms. The standard InChI is InChI=1S/C18H27N5O2/c1-4-5-7-14-11-16-19-13(2)10-17(23(16)21-14)22-9-6-8-15(12-22)20-18(24)25-3/h10-11,15H,4-9,12H2,1-3H3,(H,20,24). The first kappa shape index (κ1) is 17.5. The molecule has 0 spiro atoms. The molecule has 0 saturated carbocycles. The molecule has 1 saturated heterocycles. The van der Waals surface area contributed by atoms with Crippen LogP contribution in [0.1, 0.15) is 44.0 Å². The van der Waals surface area contributed by atoms with E-state index in [2.05, 4.69) is 34.3 Å². The summed E-state index contributed by atoms with van der Waals surface area (Å²) in [7, 11) is 1.40. The van der Waals surface area contributed by atoms with Crippen molar-refractivity contribution in [3.63, 3.8) is 0 Å². The third-order valence-corrected chi connectivity index (χ3v) is 4.63. The first-order valence-corrected chi connectivity index (χ1v) is 9.06. The maximum atomic E-state index is 11.5. The summed E-state index contributed by atoms with van der Waals surface area (Å²) in [5, 5.41) is 7.69.